The molecule has 132 valence electrons. The minimum Gasteiger partial charge on any atom is -0.339 e. The van der Waals surface area contributed by atoms with Crippen LogP contribution in [0.4, 0.5) is 4.39 Å². The highest BCUT2D eigenvalue weighted by Gasteiger charge is 2.38. The fourth-order valence-corrected chi connectivity index (χ4v) is 3.50. The van der Waals surface area contributed by atoms with E-state index in [9.17, 15) is 9.18 Å². The van der Waals surface area contributed by atoms with Gasteiger partial charge in [-0.1, -0.05) is 35.5 Å². The number of likely N-dealkylation sites (tertiary alicyclic amines) is 1. The summed E-state index contributed by atoms with van der Waals surface area (Å²) >= 11 is 0. The van der Waals surface area contributed by atoms with E-state index in [1.54, 1.807) is 17.0 Å². The average Bonchev–Trinajstić information content (AvgIpc) is 3.15. The van der Waals surface area contributed by atoms with Gasteiger partial charge in [-0.25, -0.2) is 4.39 Å². The third kappa shape index (κ3) is 2.98. The smallest absolute Gasteiger partial charge is 0.232 e. The van der Waals surface area contributed by atoms with Gasteiger partial charge in [-0.05, 0) is 36.2 Å². The van der Waals surface area contributed by atoms with Crippen molar-refractivity contribution in [3.63, 3.8) is 0 Å². The van der Waals surface area contributed by atoms with Gasteiger partial charge in [-0.15, -0.1) is 0 Å². The Labute approximate surface area is 150 Å². The molecule has 0 aliphatic carbocycles. The van der Waals surface area contributed by atoms with Gasteiger partial charge in [0.15, 0.2) is 0 Å². The normalized spacial score (nSPS) is 20.4. The van der Waals surface area contributed by atoms with Gasteiger partial charge in [0, 0.05) is 19.0 Å². The molecule has 0 radical (unpaired) electrons. The molecule has 0 spiro atoms. The number of hydrogen-bond acceptors (Lipinski definition) is 4. The summed E-state index contributed by atoms with van der Waals surface area (Å²) in [7, 11) is 1.81. The average molecular weight is 351 g/mol. The molecular weight excluding hydrogens is 333 g/mol. The number of nitrogens with zero attached hydrogens (tertiary/aromatic N) is 3. The molecule has 2 heterocycles. The number of carbonyl (C=O) groups is 1. The maximum Gasteiger partial charge on any atom is 0.232 e. The van der Waals surface area contributed by atoms with Crippen LogP contribution in [0.2, 0.25) is 0 Å². The Balaban J connectivity index is 1.69. The Morgan fingerprint density at radius 1 is 1.12 bits per heavy atom. The van der Waals surface area contributed by atoms with Crippen molar-refractivity contribution in [1.29, 1.82) is 0 Å². The van der Waals surface area contributed by atoms with Crippen LogP contribution in [0.3, 0.4) is 0 Å². The lowest BCUT2D eigenvalue weighted by Gasteiger charge is -2.37. The van der Waals surface area contributed by atoms with Gasteiger partial charge in [0.1, 0.15) is 5.82 Å². The van der Waals surface area contributed by atoms with Gasteiger partial charge in [-0.3, -0.25) is 4.79 Å². The predicted molar refractivity (Wildman–Crippen MR) is 93.6 cm³/mol. The Morgan fingerprint density at radius 2 is 1.85 bits per heavy atom. The van der Waals surface area contributed by atoms with Gasteiger partial charge >= 0.3 is 0 Å². The molecule has 2 atom stereocenters. The quantitative estimate of drug-likeness (QED) is 0.717. The van der Waals surface area contributed by atoms with Crippen molar-refractivity contribution < 1.29 is 13.7 Å². The van der Waals surface area contributed by atoms with Crippen molar-refractivity contribution in [2.45, 2.75) is 24.8 Å². The van der Waals surface area contributed by atoms with E-state index in [0.717, 1.165) is 5.56 Å². The number of amides is 1. The molecule has 2 aromatic carbocycles. The van der Waals surface area contributed by atoms with E-state index >= 15 is 0 Å². The van der Waals surface area contributed by atoms with Crippen molar-refractivity contribution in [1.82, 2.24) is 15.0 Å². The number of carbonyl (C=O) groups excluding carboxylic acids is 1. The Bertz CT molecular complexity index is 908. The zero-order valence-electron chi connectivity index (χ0n) is 14.3. The first-order valence-electron chi connectivity index (χ1n) is 8.53. The standard InChI is InChI=1S/C20H18FN3O2/c1-24-17(25)12-11-16(18(24)13-5-3-2-4-6-13)20-22-19(23-26-20)14-7-9-15(21)10-8-14/h2-10,16,18H,11-12H2,1H3. The van der Waals surface area contributed by atoms with Crippen LogP contribution in [-0.4, -0.2) is 28.0 Å². The van der Waals surface area contributed by atoms with Gasteiger partial charge in [0.05, 0.1) is 12.0 Å². The number of likely N-dealkylation sites (N-methyl/N-ethyl adjacent to an activating group) is 1. The minimum absolute atomic E-state index is 0.0817. The highest BCUT2D eigenvalue weighted by molar-refractivity contribution is 5.77. The molecule has 1 aliphatic rings. The van der Waals surface area contributed by atoms with Crippen molar-refractivity contribution in [2.24, 2.45) is 0 Å². The summed E-state index contributed by atoms with van der Waals surface area (Å²) in [4.78, 5) is 18.5. The van der Waals surface area contributed by atoms with Crippen molar-refractivity contribution in [3.05, 3.63) is 71.9 Å². The van der Waals surface area contributed by atoms with Crippen molar-refractivity contribution in [3.8, 4) is 11.4 Å². The first-order chi connectivity index (χ1) is 12.6. The number of halogens is 1. The second kappa shape index (κ2) is 6.71. The number of aromatic nitrogens is 2. The van der Waals surface area contributed by atoms with Crippen LogP contribution in [0.1, 0.15) is 36.3 Å². The summed E-state index contributed by atoms with van der Waals surface area (Å²) in [5.74, 6) is 0.632. The Morgan fingerprint density at radius 3 is 2.58 bits per heavy atom. The van der Waals surface area contributed by atoms with E-state index in [1.165, 1.54) is 12.1 Å². The second-order valence-electron chi connectivity index (χ2n) is 6.47. The molecule has 0 N–H and O–H groups in total. The molecule has 0 saturated carbocycles. The SMILES string of the molecule is CN1C(=O)CCC(c2nc(-c3ccc(F)cc3)no2)C1c1ccccc1. The number of benzene rings is 2. The van der Waals surface area contributed by atoms with E-state index < -0.39 is 0 Å². The molecule has 1 aliphatic heterocycles. The van der Waals surface area contributed by atoms with Crippen molar-refractivity contribution in [2.75, 3.05) is 7.05 Å². The molecule has 1 aromatic heterocycles. The van der Waals surface area contributed by atoms with Gasteiger partial charge in [-0.2, -0.15) is 4.98 Å². The lowest BCUT2D eigenvalue weighted by molar-refractivity contribution is -0.135. The zero-order valence-corrected chi connectivity index (χ0v) is 14.3. The number of hydrogen-bond donors (Lipinski definition) is 0. The predicted octanol–water partition coefficient (Wildman–Crippen LogP) is 3.95. The molecule has 5 nitrogen and oxygen atoms in total. The van der Waals surface area contributed by atoms with E-state index in [4.69, 9.17) is 4.52 Å². The largest absolute Gasteiger partial charge is 0.339 e. The molecule has 4 rings (SSSR count). The van der Waals surface area contributed by atoms with Crippen LogP contribution in [0, 0.1) is 5.82 Å². The summed E-state index contributed by atoms with van der Waals surface area (Å²) in [6.45, 7) is 0. The van der Waals surface area contributed by atoms with Crippen LogP contribution in [-0.2, 0) is 4.79 Å². The summed E-state index contributed by atoms with van der Waals surface area (Å²) in [5, 5.41) is 4.05. The summed E-state index contributed by atoms with van der Waals surface area (Å²) < 4.78 is 18.6. The molecule has 1 amide bonds. The molecule has 2 unspecified atom stereocenters. The topological polar surface area (TPSA) is 59.2 Å². The van der Waals surface area contributed by atoms with Crippen LogP contribution in [0.15, 0.2) is 59.1 Å². The lowest BCUT2D eigenvalue weighted by Crippen LogP contribution is -2.39. The zero-order chi connectivity index (χ0) is 18.1. The van der Waals surface area contributed by atoms with E-state index in [2.05, 4.69) is 10.1 Å². The van der Waals surface area contributed by atoms with Gasteiger partial charge in [0.25, 0.3) is 0 Å². The van der Waals surface area contributed by atoms with E-state index in [-0.39, 0.29) is 23.7 Å². The first kappa shape index (κ1) is 16.4. The second-order valence-corrected chi connectivity index (χ2v) is 6.47. The van der Waals surface area contributed by atoms with Crippen molar-refractivity contribution >= 4 is 5.91 Å². The summed E-state index contributed by atoms with van der Waals surface area (Å²) in [6.07, 6.45) is 1.09. The summed E-state index contributed by atoms with van der Waals surface area (Å²) in [5.41, 5.74) is 1.73. The number of rotatable bonds is 3. The molecule has 1 saturated heterocycles. The van der Waals surface area contributed by atoms with Crippen LogP contribution in [0.25, 0.3) is 11.4 Å². The Hall–Kier alpha value is -3.02. The van der Waals surface area contributed by atoms with Crippen LogP contribution < -0.4 is 0 Å². The molecule has 6 heteroatoms. The fourth-order valence-electron chi connectivity index (χ4n) is 3.50. The highest BCUT2D eigenvalue weighted by atomic mass is 19.1. The third-order valence-corrected chi connectivity index (χ3v) is 4.86. The molecule has 3 aromatic rings. The molecule has 0 bridgehead atoms. The molecule has 1 fully saturated rings. The van der Waals surface area contributed by atoms with Gasteiger partial charge < -0.3 is 9.42 Å². The first-order valence-corrected chi connectivity index (χ1v) is 8.53. The maximum absolute atomic E-state index is 13.1. The third-order valence-electron chi connectivity index (χ3n) is 4.86. The minimum atomic E-state index is -0.311. The summed E-state index contributed by atoms with van der Waals surface area (Å²) in [6, 6.07) is 15.7. The fraction of sp³-hybridized carbons (Fsp3) is 0.250. The lowest BCUT2D eigenvalue weighted by atomic mass is 9.84. The number of piperidine rings is 1. The highest BCUT2D eigenvalue weighted by Crippen LogP contribution is 2.41. The molecular formula is C20H18FN3O2. The monoisotopic (exact) mass is 351 g/mol. The van der Waals surface area contributed by atoms with Crippen LogP contribution >= 0.6 is 0 Å². The molecule has 26 heavy (non-hydrogen) atoms. The van der Waals surface area contributed by atoms with Gasteiger partial charge in [0.2, 0.25) is 17.6 Å². The maximum atomic E-state index is 13.1. The van der Waals surface area contributed by atoms with Crippen LogP contribution in [0.5, 0.6) is 0 Å². The van der Waals surface area contributed by atoms with E-state index in [1.807, 2.05) is 37.4 Å². The Kier molecular flexibility index (Phi) is 4.24. The van der Waals surface area contributed by atoms with E-state index in [0.29, 0.717) is 30.1 Å².